The Labute approximate surface area is 223 Å². The Morgan fingerprint density at radius 2 is 1.53 bits per heavy atom. The van der Waals surface area contributed by atoms with E-state index in [1.165, 1.54) is 12.0 Å². The number of aliphatic hydroxyl groups excluding tert-OH is 1. The first-order valence-corrected chi connectivity index (χ1v) is 12.8. The SMILES string of the molecule is COc1ccc(C)cc1/C(O)=C1\C(=O)C(=O)N(c2ccc(N3CCN(C)CC3)cc2)C1c1cccc(C)c1. The van der Waals surface area contributed by atoms with Crippen molar-refractivity contribution in [1.29, 1.82) is 0 Å². The molecule has 0 radical (unpaired) electrons. The molecule has 2 heterocycles. The van der Waals surface area contributed by atoms with Crippen molar-refractivity contribution in [2.24, 2.45) is 0 Å². The number of rotatable bonds is 5. The van der Waals surface area contributed by atoms with Crippen molar-refractivity contribution in [1.82, 2.24) is 4.90 Å². The van der Waals surface area contributed by atoms with Crippen molar-refractivity contribution in [3.8, 4) is 5.75 Å². The number of carbonyl (C=O) groups is 2. The second kappa shape index (κ2) is 10.3. The van der Waals surface area contributed by atoms with Crippen LogP contribution in [0.3, 0.4) is 0 Å². The van der Waals surface area contributed by atoms with E-state index in [9.17, 15) is 14.7 Å². The molecule has 2 fully saturated rings. The lowest BCUT2D eigenvalue weighted by Crippen LogP contribution is -2.44. The van der Waals surface area contributed by atoms with Crippen LogP contribution in [0, 0.1) is 13.8 Å². The Balaban J connectivity index is 1.62. The van der Waals surface area contributed by atoms with Gasteiger partial charge >= 0.3 is 0 Å². The van der Waals surface area contributed by atoms with Gasteiger partial charge in [0.2, 0.25) is 0 Å². The second-order valence-corrected chi connectivity index (χ2v) is 10.1. The maximum Gasteiger partial charge on any atom is 0.300 e. The highest BCUT2D eigenvalue weighted by molar-refractivity contribution is 6.51. The van der Waals surface area contributed by atoms with Crippen molar-refractivity contribution < 1.29 is 19.4 Å². The standard InChI is InChI=1S/C31H33N3O4/c1-20-6-5-7-22(18-20)28-27(29(35)25-19-21(2)8-13-26(25)38-4)30(36)31(37)34(28)24-11-9-23(10-12-24)33-16-14-32(3)15-17-33/h5-13,18-19,28,35H,14-17H2,1-4H3/b29-27+. The zero-order valence-corrected chi connectivity index (χ0v) is 22.3. The Hall–Kier alpha value is -4.10. The van der Waals surface area contributed by atoms with Gasteiger partial charge in [0.05, 0.1) is 24.3 Å². The Morgan fingerprint density at radius 3 is 2.18 bits per heavy atom. The average molecular weight is 512 g/mol. The van der Waals surface area contributed by atoms with Gasteiger partial charge in [0, 0.05) is 37.6 Å². The number of hydrogen-bond donors (Lipinski definition) is 1. The van der Waals surface area contributed by atoms with Crippen LogP contribution in [0.4, 0.5) is 11.4 Å². The summed E-state index contributed by atoms with van der Waals surface area (Å²) in [5.74, 6) is -1.21. The monoisotopic (exact) mass is 511 g/mol. The first kappa shape index (κ1) is 25.5. The van der Waals surface area contributed by atoms with Crippen LogP contribution in [0.2, 0.25) is 0 Å². The molecule has 7 nitrogen and oxygen atoms in total. The third kappa shape index (κ3) is 4.65. The largest absolute Gasteiger partial charge is 0.507 e. The van der Waals surface area contributed by atoms with E-state index in [0.29, 0.717) is 17.0 Å². The minimum Gasteiger partial charge on any atom is -0.507 e. The highest BCUT2D eigenvalue weighted by Crippen LogP contribution is 2.43. The number of amides is 1. The highest BCUT2D eigenvalue weighted by atomic mass is 16.5. The smallest absolute Gasteiger partial charge is 0.300 e. The van der Waals surface area contributed by atoms with Crippen LogP contribution in [-0.2, 0) is 9.59 Å². The lowest BCUT2D eigenvalue weighted by Gasteiger charge is -2.34. The van der Waals surface area contributed by atoms with E-state index in [2.05, 4.69) is 16.8 Å². The van der Waals surface area contributed by atoms with Crippen molar-refractivity contribution in [3.05, 3.63) is 94.6 Å². The minimum absolute atomic E-state index is 0.0487. The van der Waals surface area contributed by atoms with Crippen LogP contribution < -0.4 is 14.5 Å². The van der Waals surface area contributed by atoms with Crippen molar-refractivity contribution >= 4 is 28.8 Å². The molecule has 7 heteroatoms. The molecule has 2 aliphatic heterocycles. The van der Waals surface area contributed by atoms with Gasteiger partial charge in [-0.2, -0.15) is 0 Å². The third-order valence-corrected chi connectivity index (χ3v) is 7.41. The van der Waals surface area contributed by atoms with Crippen LogP contribution in [0.5, 0.6) is 5.75 Å². The summed E-state index contributed by atoms with van der Waals surface area (Å²) in [7, 11) is 3.63. The normalized spacial score (nSPS) is 19.7. The van der Waals surface area contributed by atoms with Gasteiger partial charge in [0.15, 0.2) is 0 Å². The number of likely N-dealkylation sites (N-methyl/N-ethyl adjacent to an activating group) is 1. The highest BCUT2D eigenvalue weighted by Gasteiger charge is 2.47. The number of Topliss-reactive ketones (excluding diaryl/α,β-unsaturated/α-hetero) is 1. The van der Waals surface area contributed by atoms with E-state index in [1.807, 2.05) is 68.4 Å². The van der Waals surface area contributed by atoms with Crippen molar-refractivity contribution in [2.45, 2.75) is 19.9 Å². The van der Waals surface area contributed by atoms with Gasteiger partial charge in [-0.1, -0.05) is 41.5 Å². The van der Waals surface area contributed by atoms with Crippen LogP contribution in [0.1, 0.15) is 28.3 Å². The van der Waals surface area contributed by atoms with Gasteiger partial charge in [-0.15, -0.1) is 0 Å². The molecular weight excluding hydrogens is 478 g/mol. The lowest BCUT2D eigenvalue weighted by molar-refractivity contribution is -0.132. The molecule has 0 aromatic heterocycles. The van der Waals surface area contributed by atoms with E-state index in [-0.39, 0.29) is 11.3 Å². The van der Waals surface area contributed by atoms with Gasteiger partial charge in [-0.05, 0) is 62.9 Å². The lowest BCUT2D eigenvalue weighted by atomic mass is 9.93. The molecular formula is C31H33N3O4. The summed E-state index contributed by atoms with van der Waals surface area (Å²) in [6.07, 6.45) is 0. The second-order valence-electron chi connectivity index (χ2n) is 10.1. The molecule has 1 N–H and O–H groups in total. The van der Waals surface area contributed by atoms with Gasteiger partial charge in [0.1, 0.15) is 11.5 Å². The summed E-state index contributed by atoms with van der Waals surface area (Å²) in [6, 6.07) is 20.1. The Kier molecular flexibility index (Phi) is 6.95. The van der Waals surface area contributed by atoms with Crippen LogP contribution in [0.15, 0.2) is 72.3 Å². The molecule has 1 atom stereocenters. The number of piperazine rings is 1. The number of ether oxygens (including phenoxy) is 1. The topological polar surface area (TPSA) is 73.3 Å². The maximum absolute atomic E-state index is 13.5. The molecule has 0 bridgehead atoms. The number of carbonyl (C=O) groups excluding carboxylic acids is 2. The summed E-state index contributed by atoms with van der Waals surface area (Å²) >= 11 is 0. The number of ketones is 1. The molecule has 3 aromatic rings. The molecule has 0 saturated carbocycles. The van der Waals surface area contributed by atoms with E-state index in [4.69, 9.17) is 4.74 Å². The third-order valence-electron chi connectivity index (χ3n) is 7.41. The van der Waals surface area contributed by atoms with E-state index in [1.54, 1.807) is 12.1 Å². The fraction of sp³-hybridized carbons (Fsp3) is 0.290. The number of hydrogen-bond acceptors (Lipinski definition) is 6. The van der Waals surface area contributed by atoms with Gasteiger partial charge < -0.3 is 19.6 Å². The van der Waals surface area contributed by atoms with E-state index >= 15 is 0 Å². The summed E-state index contributed by atoms with van der Waals surface area (Å²) in [5, 5.41) is 11.5. The molecule has 38 heavy (non-hydrogen) atoms. The molecule has 3 aromatic carbocycles. The fourth-order valence-electron chi connectivity index (χ4n) is 5.30. The van der Waals surface area contributed by atoms with Crippen LogP contribution >= 0.6 is 0 Å². The van der Waals surface area contributed by atoms with Gasteiger partial charge in [-0.3, -0.25) is 14.5 Å². The molecule has 2 aliphatic rings. The van der Waals surface area contributed by atoms with E-state index in [0.717, 1.165) is 48.6 Å². The van der Waals surface area contributed by atoms with Crippen molar-refractivity contribution in [2.75, 3.05) is 50.1 Å². The molecule has 1 amide bonds. The summed E-state index contributed by atoms with van der Waals surface area (Å²) in [5.41, 5.74) is 4.75. The Bertz CT molecular complexity index is 1400. The summed E-state index contributed by atoms with van der Waals surface area (Å²) < 4.78 is 5.48. The number of methoxy groups -OCH3 is 1. The van der Waals surface area contributed by atoms with Gasteiger partial charge in [0.25, 0.3) is 11.7 Å². The quantitative estimate of drug-likeness (QED) is 0.304. The Morgan fingerprint density at radius 1 is 0.868 bits per heavy atom. The predicted octanol–water partition coefficient (Wildman–Crippen LogP) is 4.69. The van der Waals surface area contributed by atoms with Crippen LogP contribution in [0.25, 0.3) is 5.76 Å². The molecule has 1 unspecified atom stereocenters. The van der Waals surface area contributed by atoms with Crippen molar-refractivity contribution in [3.63, 3.8) is 0 Å². The first-order valence-electron chi connectivity index (χ1n) is 12.8. The average Bonchev–Trinajstić information content (AvgIpc) is 3.19. The molecule has 196 valence electrons. The first-order chi connectivity index (χ1) is 18.3. The number of benzene rings is 3. The predicted molar refractivity (Wildman–Crippen MR) is 150 cm³/mol. The number of nitrogens with zero attached hydrogens (tertiary/aromatic N) is 3. The summed E-state index contributed by atoms with van der Waals surface area (Å²) in [6.45, 7) is 7.71. The number of anilines is 2. The molecule has 5 rings (SSSR count). The van der Waals surface area contributed by atoms with Gasteiger partial charge in [-0.25, -0.2) is 0 Å². The fourth-order valence-corrected chi connectivity index (χ4v) is 5.30. The number of aryl methyl sites for hydroxylation is 2. The van der Waals surface area contributed by atoms with Crippen LogP contribution in [-0.4, -0.2) is 62.0 Å². The number of aliphatic hydroxyl groups is 1. The maximum atomic E-state index is 13.5. The molecule has 0 spiro atoms. The molecule has 2 saturated heterocycles. The van der Waals surface area contributed by atoms with E-state index < -0.39 is 17.7 Å². The zero-order chi connectivity index (χ0) is 27.0. The summed E-state index contributed by atoms with van der Waals surface area (Å²) in [4.78, 5) is 33.2. The minimum atomic E-state index is -0.783. The molecule has 0 aliphatic carbocycles. The zero-order valence-electron chi connectivity index (χ0n) is 22.3.